The number of hydrogen-bond donors (Lipinski definition) is 1. The highest BCUT2D eigenvalue weighted by Crippen LogP contribution is 2.13. The van der Waals surface area contributed by atoms with Gasteiger partial charge >= 0.3 is 6.03 Å². The fraction of sp³-hybridized carbons (Fsp3) is 0.769. The van der Waals surface area contributed by atoms with E-state index < -0.39 is 0 Å². The van der Waals surface area contributed by atoms with Crippen LogP contribution in [0.1, 0.15) is 33.1 Å². The maximum absolute atomic E-state index is 12.0. The Balaban J connectivity index is 2.37. The van der Waals surface area contributed by atoms with Crippen LogP contribution in [-0.2, 0) is 4.74 Å². The Morgan fingerprint density at radius 3 is 3.00 bits per heavy atom. The quantitative estimate of drug-likeness (QED) is 0.723. The molecule has 0 saturated carbocycles. The highest BCUT2D eigenvalue weighted by molar-refractivity contribution is 5.74. The van der Waals surface area contributed by atoms with Crippen LogP contribution in [0.25, 0.3) is 0 Å². The molecule has 0 spiro atoms. The molecule has 1 rings (SSSR count). The summed E-state index contributed by atoms with van der Waals surface area (Å²) in [7, 11) is 0. The number of likely N-dealkylation sites (N-methyl/N-ethyl adjacent to an activating group) is 1. The molecule has 98 valence electrons. The first-order chi connectivity index (χ1) is 8.17. The Bertz CT molecular complexity index is 250. The molecule has 0 aromatic rings. The third-order valence-corrected chi connectivity index (χ3v) is 3.01. The van der Waals surface area contributed by atoms with Crippen molar-refractivity contribution in [3.8, 4) is 0 Å². The van der Waals surface area contributed by atoms with Gasteiger partial charge in [0.05, 0.1) is 6.10 Å². The van der Waals surface area contributed by atoms with Crippen LogP contribution in [0.5, 0.6) is 0 Å². The first-order valence-corrected chi connectivity index (χ1v) is 6.45. The van der Waals surface area contributed by atoms with Crippen molar-refractivity contribution in [2.45, 2.75) is 45.3 Å². The van der Waals surface area contributed by atoms with Crippen molar-refractivity contribution >= 4 is 6.03 Å². The number of hydrogen-bond acceptors (Lipinski definition) is 2. The standard InChI is InChI=1S/C13H24N2O2/c1-4-7-11(3)14-13(16)15(5-2)10-12-8-6-9-17-12/h4,11-12H,1,5-10H2,2-3H3,(H,14,16)/t11-,12+/m0/s1. The highest BCUT2D eigenvalue weighted by Gasteiger charge is 2.21. The lowest BCUT2D eigenvalue weighted by molar-refractivity contribution is 0.0822. The molecule has 1 saturated heterocycles. The molecule has 0 aliphatic carbocycles. The molecule has 2 atom stereocenters. The van der Waals surface area contributed by atoms with E-state index in [1.54, 1.807) is 0 Å². The zero-order valence-corrected chi connectivity index (χ0v) is 10.9. The number of rotatable bonds is 6. The van der Waals surface area contributed by atoms with Crippen LogP contribution in [-0.4, -0.2) is 42.8 Å². The molecule has 2 amide bonds. The highest BCUT2D eigenvalue weighted by atomic mass is 16.5. The zero-order chi connectivity index (χ0) is 12.7. The molecule has 0 bridgehead atoms. The maximum Gasteiger partial charge on any atom is 0.317 e. The Hall–Kier alpha value is -1.03. The van der Waals surface area contributed by atoms with E-state index in [2.05, 4.69) is 11.9 Å². The maximum atomic E-state index is 12.0. The van der Waals surface area contributed by atoms with E-state index >= 15 is 0 Å². The van der Waals surface area contributed by atoms with E-state index in [4.69, 9.17) is 4.74 Å². The predicted molar refractivity (Wildman–Crippen MR) is 69.0 cm³/mol. The molecule has 0 radical (unpaired) electrons. The second-order valence-corrected chi connectivity index (χ2v) is 4.55. The van der Waals surface area contributed by atoms with E-state index in [0.29, 0.717) is 13.1 Å². The van der Waals surface area contributed by atoms with Crippen LogP contribution in [0.4, 0.5) is 4.79 Å². The van der Waals surface area contributed by atoms with Gasteiger partial charge in [-0.2, -0.15) is 0 Å². The van der Waals surface area contributed by atoms with Crippen molar-refractivity contribution in [1.29, 1.82) is 0 Å². The van der Waals surface area contributed by atoms with Gasteiger partial charge in [0, 0.05) is 25.7 Å². The van der Waals surface area contributed by atoms with Gasteiger partial charge in [-0.15, -0.1) is 6.58 Å². The molecule has 17 heavy (non-hydrogen) atoms. The average Bonchev–Trinajstić information content (AvgIpc) is 2.78. The average molecular weight is 240 g/mol. The molecule has 4 heteroatoms. The van der Waals surface area contributed by atoms with Gasteiger partial charge in [0.25, 0.3) is 0 Å². The second kappa shape index (κ2) is 7.33. The van der Waals surface area contributed by atoms with E-state index in [0.717, 1.165) is 25.9 Å². The summed E-state index contributed by atoms with van der Waals surface area (Å²) in [5.74, 6) is 0. The smallest absolute Gasteiger partial charge is 0.317 e. The summed E-state index contributed by atoms with van der Waals surface area (Å²) in [6, 6.07) is 0.135. The first-order valence-electron chi connectivity index (χ1n) is 6.45. The number of amides is 2. The normalized spacial score (nSPS) is 20.9. The lowest BCUT2D eigenvalue weighted by atomic mass is 10.2. The number of urea groups is 1. The Morgan fingerprint density at radius 2 is 2.47 bits per heavy atom. The number of nitrogens with one attached hydrogen (secondary N) is 1. The van der Waals surface area contributed by atoms with Gasteiger partial charge < -0.3 is 15.0 Å². The lowest BCUT2D eigenvalue weighted by Gasteiger charge is -2.25. The number of nitrogens with zero attached hydrogens (tertiary/aromatic N) is 1. The molecular formula is C13H24N2O2. The molecule has 1 aliphatic rings. The van der Waals surface area contributed by atoms with E-state index in [-0.39, 0.29) is 18.2 Å². The van der Waals surface area contributed by atoms with Crippen LogP contribution in [0.15, 0.2) is 12.7 Å². The number of ether oxygens (including phenoxy) is 1. The third-order valence-electron chi connectivity index (χ3n) is 3.01. The summed E-state index contributed by atoms with van der Waals surface area (Å²) in [6.45, 7) is 9.89. The van der Waals surface area contributed by atoms with Crippen LogP contribution in [0.3, 0.4) is 0 Å². The SMILES string of the molecule is C=CC[C@H](C)NC(=O)N(CC)C[C@H]1CCCO1. The van der Waals surface area contributed by atoms with Gasteiger partial charge in [0.15, 0.2) is 0 Å². The van der Waals surface area contributed by atoms with Crippen LogP contribution < -0.4 is 5.32 Å². The van der Waals surface area contributed by atoms with Gasteiger partial charge in [0.2, 0.25) is 0 Å². The molecule has 1 fully saturated rings. The molecule has 4 nitrogen and oxygen atoms in total. The number of carbonyl (C=O) groups excluding carboxylic acids is 1. The third kappa shape index (κ3) is 4.77. The minimum Gasteiger partial charge on any atom is -0.376 e. The van der Waals surface area contributed by atoms with Gasteiger partial charge in [-0.3, -0.25) is 0 Å². The summed E-state index contributed by atoms with van der Waals surface area (Å²) in [6.07, 6.45) is 5.00. The van der Waals surface area contributed by atoms with Crippen molar-refractivity contribution in [1.82, 2.24) is 10.2 Å². The van der Waals surface area contributed by atoms with E-state index in [9.17, 15) is 4.79 Å². The molecule has 0 aromatic heterocycles. The van der Waals surface area contributed by atoms with Gasteiger partial charge in [-0.25, -0.2) is 4.79 Å². The molecule has 0 unspecified atom stereocenters. The van der Waals surface area contributed by atoms with Crippen molar-refractivity contribution in [3.05, 3.63) is 12.7 Å². The van der Waals surface area contributed by atoms with Crippen LogP contribution in [0.2, 0.25) is 0 Å². The van der Waals surface area contributed by atoms with Gasteiger partial charge in [-0.1, -0.05) is 6.08 Å². The summed E-state index contributed by atoms with van der Waals surface area (Å²) in [5.41, 5.74) is 0. The topological polar surface area (TPSA) is 41.6 Å². The van der Waals surface area contributed by atoms with Crippen molar-refractivity contribution in [2.75, 3.05) is 19.7 Å². The number of carbonyl (C=O) groups is 1. The fourth-order valence-electron chi connectivity index (χ4n) is 2.00. The molecular weight excluding hydrogens is 216 g/mol. The summed E-state index contributed by atoms with van der Waals surface area (Å²) >= 11 is 0. The minimum absolute atomic E-state index is 0.00245. The van der Waals surface area contributed by atoms with Crippen molar-refractivity contribution in [2.24, 2.45) is 0 Å². The van der Waals surface area contributed by atoms with E-state index in [1.807, 2.05) is 24.8 Å². The van der Waals surface area contributed by atoms with Crippen molar-refractivity contribution < 1.29 is 9.53 Å². The Morgan fingerprint density at radius 1 is 1.71 bits per heavy atom. The van der Waals surface area contributed by atoms with E-state index in [1.165, 1.54) is 0 Å². The van der Waals surface area contributed by atoms with Crippen LogP contribution in [0, 0.1) is 0 Å². The zero-order valence-electron chi connectivity index (χ0n) is 10.9. The largest absolute Gasteiger partial charge is 0.376 e. The summed E-state index contributed by atoms with van der Waals surface area (Å²) in [4.78, 5) is 13.8. The Labute approximate surface area is 104 Å². The van der Waals surface area contributed by atoms with Gasteiger partial charge in [-0.05, 0) is 33.1 Å². The second-order valence-electron chi connectivity index (χ2n) is 4.55. The fourth-order valence-corrected chi connectivity index (χ4v) is 2.00. The summed E-state index contributed by atoms with van der Waals surface area (Å²) < 4.78 is 5.55. The predicted octanol–water partition coefficient (Wildman–Crippen LogP) is 2.16. The summed E-state index contributed by atoms with van der Waals surface area (Å²) in [5, 5.41) is 2.97. The lowest BCUT2D eigenvalue weighted by Crippen LogP contribution is -2.46. The minimum atomic E-state index is -0.00245. The Kier molecular flexibility index (Phi) is 6.05. The first kappa shape index (κ1) is 14.0. The molecule has 1 heterocycles. The molecule has 0 aromatic carbocycles. The monoisotopic (exact) mass is 240 g/mol. The molecule has 1 N–H and O–H groups in total. The van der Waals surface area contributed by atoms with Crippen LogP contribution >= 0.6 is 0 Å². The van der Waals surface area contributed by atoms with Crippen molar-refractivity contribution in [3.63, 3.8) is 0 Å². The molecule has 1 aliphatic heterocycles. The van der Waals surface area contributed by atoms with Gasteiger partial charge in [0.1, 0.15) is 0 Å².